The quantitative estimate of drug-likeness (QED) is 0.166. The minimum absolute atomic E-state index is 0.867. The van der Waals surface area contributed by atoms with Crippen molar-refractivity contribution in [1.29, 1.82) is 0 Å². The van der Waals surface area contributed by atoms with Crippen molar-refractivity contribution in [3.63, 3.8) is 0 Å². The molecule has 0 fully saturated rings. The molecule has 0 atom stereocenters. The molecule has 2 heteroatoms. The highest BCUT2D eigenvalue weighted by Crippen LogP contribution is 2.44. The van der Waals surface area contributed by atoms with E-state index in [1.54, 1.807) is 0 Å². The Balaban J connectivity index is 1.21. The maximum Gasteiger partial charge on any atom is 0.136 e. The molecule has 0 unspecified atom stereocenters. The largest absolute Gasteiger partial charge is 0.456 e. The normalized spacial score (nSPS) is 11.3. The molecule has 254 valence electrons. The fourth-order valence-corrected chi connectivity index (χ4v) is 7.84. The van der Waals surface area contributed by atoms with Crippen molar-refractivity contribution in [1.82, 2.24) is 0 Å². The molecule has 54 heavy (non-hydrogen) atoms. The van der Waals surface area contributed by atoms with E-state index in [0.29, 0.717) is 0 Å². The Hall–Kier alpha value is -7.16. The summed E-state index contributed by atoms with van der Waals surface area (Å²) in [6.45, 7) is 0. The van der Waals surface area contributed by atoms with Crippen molar-refractivity contribution in [2.45, 2.75) is 0 Å². The van der Waals surface area contributed by atoms with Gasteiger partial charge >= 0.3 is 0 Å². The monoisotopic (exact) mass is 689 g/mol. The van der Waals surface area contributed by atoms with E-state index in [1.165, 1.54) is 44.2 Å². The molecule has 9 aromatic carbocycles. The van der Waals surface area contributed by atoms with Gasteiger partial charge < -0.3 is 9.32 Å². The predicted octanol–water partition coefficient (Wildman–Crippen LogP) is 14.9. The van der Waals surface area contributed by atoms with E-state index in [2.05, 4.69) is 217 Å². The molecule has 0 aliphatic heterocycles. The molecular formula is C52H35NO. The third-order valence-electron chi connectivity index (χ3n) is 10.4. The number of fused-ring (bicyclic) bond motifs is 5. The van der Waals surface area contributed by atoms with Crippen molar-refractivity contribution in [3.8, 4) is 44.5 Å². The predicted molar refractivity (Wildman–Crippen MR) is 228 cm³/mol. The van der Waals surface area contributed by atoms with Gasteiger partial charge in [0.15, 0.2) is 0 Å². The highest BCUT2D eigenvalue weighted by atomic mass is 16.3. The molecule has 0 radical (unpaired) electrons. The van der Waals surface area contributed by atoms with Crippen molar-refractivity contribution in [2.24, 2.45) is 0 Å². The fourth-order valence-electron chi connectivity index (χ4n) is 7.84. The molecule has 0 aliphatic rings. The third kappa shape index (κ3) is 5.71. The average Bonchev–Trinajstić information content (AvgIpc) is 3.63. The van der Waals surface area contributed by atoms with Crippen LogP contribution in [0, 0.1) is 0 Å². The minimum atomic E-state index is 0.867. The number of rotatable bonds is 7. The van der Waals surface area contributed by atoms with Gasteiger partial charge in [0.2, 0.25) is 0 Å². The topological polar surface area (TPSA) is 16.4 Å². The Kier molecular flexibility index (Phi) is 7.85. The summed E-state index contributed by atoms with van der Waals surface area (Å²) in [5.41, 5.74) is 14.3. The summed E-state index contributed by atoms with van der Waals surface area (Å²) in [6, 6.07) is 75.8. The van der Waals surface area contributed by atoms with Crippen molar-refractivity contribution < 1.29 is 4.42 Å². The molecule has 0 spiro atoms. The number of benzene rings is 9. The van der Waals surface area contributed by atoms with E-state index < -0.39 is 0 Å². The second-order valence-corrected chi connectivity index (χ2v) is 13.7. The number of hydrogen-bond acceptors (Lipinski definition) is 2. The average molecular weight is 690 g/mol. The number of hydrogen-bond donors (Lipinski definition) is 0. The van der Waals surface area contributed by atoms with Crippen LogP contribution in [0.2, 0.25) is 0 Å². The van der Waals surface area contributed by atoms with Crippen LogP contribution in [0.1, 0.15) is 0 Å². The van der Waals surface area contributed by atoms with Gasteiger partial charge in [-0.1, -0.05) is 158 Å². The second kappa shape index (κ2) is 13.4. The van der Waals surface area contributed by atoms with Gasteiger partial charge in [-0.25, -0.2) is 0 Å². The molecule has 1 aromatic heterocycles. The molecule has 0 saturated carbocycles. The van der Waals surface area contributed by atoms with Crippen molar-refractivity contribution >= 4 is 49.8 Å². The Morgan fingerprint density at radius 3 is 1.35 bits per heavy atom. The molecule has 0 bridgehead atoms. The molecule has 0 aliphatic carbocycles. The van der Waals surface area contributed by atoms with Gasteiger partial charge in [0, 0.05) is 27.8 Å². The van der Waals surface area contributed by atoms with Crippen LogP contribution in [-0.2, 0) is 0 Å². The Morgan fingerprint density at radius 1 is 0.278 bits per heavy atom. The number of furan rings is 1. The van der Waals surface area contributed by atoms with Crippen LogP contribution in [0.5, 0.6) is 0 Å². The molecule has 0 amide bonds. The summed E-state index contributed by atoms with van der Waals surface area (Å²) >= 11 is 0. The molecule has 2 nitrogen and oxygen atoms in total. The van der Waals surface area contributed by atoms with E-state index in [9.17, 15) is 0 Å². The smallest absolute Gasteiger partial charge is 0.136 e. The maximum absolute atomic E-state index is 6.67. The zero-order chi connectivity index (χ0) is 35.8. The highest BCUT2D eigenvalue weighted by molar-refractivity contribution is 6.22. The summed E-state index contributed by atoms with van der Waals surface area (Å²) in [5, 5.41) is 4.61. The van der Waals surface area contributed by atoms with E-state index in [1.807, 2.05) is 0 Å². The fraction of sp³-hybridized carbons (Fsp3) is 0. The van der Waals surface area contributed by atoms with Gasteiger partial charge in [0.1, 0.15) is 11.2 Å². The maximum atomic E-state index is 6.67. The SMILES string of the molecule is c1ccc(-c2ccc(N(c3cc(-c4ccccc4)cc(-c4ccccc4)c3)c3ccc4oc5cc(-c6ccccc6)c6ccccc6c5c4c3)cc2)cc1. The molecule has 10 aromatic rings. The van der Waals surface area contributed by atoms with Gasteiger partial charge in [-0.3, -0.25) is 0 Å². The van der Waals surface area contributed by atoms with E-state index >= 15 is 0 Å². The van der Waals surface area contributed by atoms with Gasteiger partial charge in [-0.05, 0) is 110 Å². The zero-order valence-corrected chi connectivity index (χ0v) is 29.6. The van der Waals surface area contributed by atoms with Crippen LogP contribution in [0.4, 0.5) is 17.1 Å². The van der Waals surface area contributed by atoms with Gasteiger partial charge in [-0.2, -0.15) is 0 Å². The Morgan fingerprint density at radius 2 is 0.759 bits per heavy atom. The van der Waals surface area contributed by atoms with E-state index in [-0.39, 0.29) is 0 Å². The zero-order valence-electron chi connectivity index (χ0n) is 29.6. The summed E-state index contributed by atoms with van der Waals surface area (Å²) in [5.74, 6) is 0. The summed E-state index contributed by atoms with van der Waals surface area (Å²) in [7, 11) is 0. The van der Waals surface area contributed by atoms with Crippen LogP contribution >= 0.6 is 0 Å². The summed E-state index contributed by atoms with van der Waals surface area (Å²) in [6.07, 6.45) is 0. The first-order chi connectivity index (χ1) is 26.8. The standard InChI is InChI=1S/C52H35NO/c1-5-15-36(16-6-1)39-25-27-43(28-26-39)53(45-32-41(37-17-7-2-8-18-37)31-42(33-45)38-19-9-3-10-20-38)44-29-30-50-49(34-44)52-47-24-14-13-23-46(47)48(35-51(52)54-50)40-21-11-4-12-22-40/h1-35H. The van der Waals surface area contributed by atoms with Crippen LogP contribution < -0.4 is 4.90 Å². The van der Waals surface area contributed by atoms with Crippen LogP contribution in [-0.4, -0.2) is 0 Å². The lowest BCUT2D eigenvalue weighted by molar-refractivity contribution is 0.669. The van der Waals surface area contributed by atoms with Crippen molar-refractivity contribution in [2.75, 3.05) is 4.90 Å². The molecular weight excluding hydrogens is 655 g/mol. The number of anilines is 3. The van der Waals surface area contributed by atoms with Gasteiger partial charge in [-0.15, -0.1) is 0 Å². The Labute approximate surface area is 314 Å². The number of nitrogens with zero attached hydrogens (tertiary/aromatic N) is 1. The summed E-state index contributed by atoms with van der Waals surface area (Å²) in [4.78, 5) is 2.38. The molecule has 0 saturated heterocycles. The lowest BCUT2D eigenvalue weighted by Gasteiger charge is -2.27. The molecule has 0 N–H and O–H groups in total. The minimum Gasteiger partial charge on any atom is -0.456 e. The van der Waals surface area contributed by atoms with Crippen LogP contribution in [0.3, 0.4) is 0 Å². The van der Waals surface area contributed by atoms with Crippen molar-refractivity contribution in [3.05, 3.63) is 212 Å². The van der Waals surface area contributed by atoms with Gasteiger partial charge in [0.25, 0.3) is 0 Å². The lowest BCUT2D eigenvalue weighted by Crippen LogP contribution is -2.10. The first-order valence-electron chi connectivity index (χ1n) is 18.4. The van der Waals surface area contributed by atoms with E-state index in [4.69, 9.17) is 4.42 Å². The first-order valence-corrected chi connectivity index (χ1v) is 18.4. The van der Waals surface area contributed by atoms with Crippen LogP contribution in [0.25, 0.3) is 77.2 Å². The van der Waals surface area contributed by atoms with Gasteiger partial charge in [0.05, 0.1) is 0 Å². The third-order valence-corrected chi connectivity index (χ3v) is 10.4. The Bertz CT molecular complexity index is 2840. The molecule has 1 heterocycles. The first kappa shape index (κ1) is 31.6. The molecule has 10 rings (SSSR count). The second-order valence-electron chi connectivity index (χ2n) is 13.7. The lowest BCUT2D eigenvalue weighted by atomic mass is 9.95. The van der Waals surface area contributed by atoms with Crippen LogP contribution in [0.15, 0.2) is 217 Å². The summed E-state index contributed by atoms with van der Waals surface area (Å²) < 4.78 is 6.67. The highest BCUT2D eigenvalue weighted by Gasteiger charge is 2.20. The van der Waals surface area contributed by atoms with E-state index in [0.717, 1.165) is 50.1 Å².